The number of aromatic nitrogens is 1. The molecule has 3 rings (SSSR count). The first kappa shape index (κ1) is 17.9. The van der Waals surface area contributed by atoms with Gasteiger partial charge >= 0.3 is 0 Å². The van der Waals surface area contributed by atoms with Crippen molar-refractivity contribution >= 4 is 28.7 Å². The van der Waals surface area contributed by atoms with Gasteiger partial charge in [0.2, 0.25) is 0 Å². The Kier molecular flexibility index (Phi) is 4.75. The van der Waals surface area contributed by atoms with Crippen LogP contribution in [-0.2, 0) is 7.05 Å². The molecule has 3 aromatic rings. The summed E-state index contributed by atoms with van der Waals surface area (Å²) in [5.74, 6) is -0.770. The van der Waals surface area contributed by atoms with E-state index in [2.05, 4.69) is 10.5 Å². The predicted molar refractivity (Wildman–Crippen MR) is 99.3 cm³/mol. The van der Waals surface area contributed by atoms with Crippen LogP contribution in [0.5, 0.6) is 11.5 Å². The van der Waals surface area contributed by atoms with Crippen molar-refractivity contribution in [1.82, 2.24) is 9.99 Å². The molecule has 138 valence electrons. The highest BCUT2D eigenvalue weighted by molar-refractivity contribution is 5.99. The highest BCUT2D eigenvalue weighted by Crippen LogP contribution is 2.32. The number of ether oxygens (including phenoxy) is 1. The minimum atomic E-state index is -0.630. The second-order valence-corrected chi connectivity index (χ2v) is 5.69. The van der Waals surface area contributed by atoms with Crippen LogP contribution in [0.25, 0.3) is 10.9 Å². The number of aryl methyl sites for hydroxylation is 1. The van der Waals surface area contributed by atoms with E-state index in [9.17, 15) is 20.0 Å². The molecule has 0 aliphatic heterocycles. The van der Waals surface area contributed by atoms with Crippen molar-refractivity contribution in [3.8, 4) is 11.5 Å². The smallest absolute Gasteiger partial charge is 0.287 e. The molecule has 0 radical (unpaired) electrons. The predicted octanol–water partition coefficient (Wildman–Crippen LogP) is 2.56. The topological polar surface area (TPSA) is 119 Å². The molecule has 0 saturated heterocycles. The average Bonchev–Trinajstić information content (AvgIpc) is 2.98. The van der Waals surface area contributed by atoms with Crippen molar-refractivity contribution in [2.24, 2.45) is 12.1 Å². The number of aromatic hydroxyl groups is 1. The third-order valence-electron chi connectivity index (χ3n) is 4.08. The highest BCUT2D eigenvalue weighted by Gasteiger charge is 2.18. The van der Waals surface area contributed by atoms with Crippen LogP contribution in [0.3, 0.4) is 0 Å². The number of hydrogen-bond acceptors (Lipinski definition) is 6. The Morgan fingerprint density at radius 3 is 2.74 bits per heavy atom. The van der Waals surface area contributed by atoms with Crippen molar-refractivity contribution in [2.45, 2.75) is 0 Å². The van der Waals surface area contributed by atoms with Gasteiger partial charge in [0.05, 0.1) is 29.9 Å². The number of nitrogens with zero attached hydrogens (tertiary/aromatic N) is 3. The van der Waals surface area contributed by atoms with Crippen LogP contribution >= 0.6 is 0 Å². The van der Waals surface area contributed by atoms with E-state index >= 15 is 0 Å². The number of nitro groups is 1. The lowest BCUT2D eigenvalue weighted by Gasteiger charge is -2.05. The number of phenolic OH excluding ortho intramolecular Hbond substituents is 1. The maximum Gasteiger partial charge on any atom is 0.287 e. The van der Waals surface area contributed by atoms with Gasteiger partial charge < -0.3 is 14.4 Å². The second kappa shape index (κ2) is 7.16. The van der Waals surface area contributed by atoms with Crippen molar-refractivity contribution in [1.29, 1.82) is 0 Å². The molecule has 9 heteroatoms. The summed E-state index contributed by atoms with van der Waals surface area (Å²) in [5.41, 5.74) is 3.33. The molecular formula is C18H16N4O5. The van der Waals surface area contributed by atoms with Gasteiger partial charge in [0.15, 0.2) is 11.5 Å². The Balaban J connectivity index is 1.84. The third kappa shape index (κ3) is 3.43. The molecule has 2 aromatic carbocycles. The molecule has 9 nitrogen and oxygen atoms in total. The number of carbonyl (C=O) groups is 1. The normalized spacial score (nSPS) is 11.0. The molecule has 0 bridgehead atoms. The highest BCUT2D eigenvalue weighted by atomic mass is 16.6. The van der Waals surface area contributed by atoms with Crippen LogP contribution in [0.15, 0.2) is 47.6 Å². The molecule has 2 N–H and O–H groups in total. The Bertz CT molecular complexity index is 1070. The second-order valence-electron chi connectivity index (χ2n) is 5.69. The number of benzene rings is 2. The van der Waals surface area contributed by atoms with Crippen LogP contribution < -0.4 is 10.2 Å². The number of methoxy groups -OCH3 is 1. The summed E-state index contributed by atoms with van der Waals surface area (Å²) in [6.45, 7) is 0. The molecule has 0 aliphatic rings. The van der Waals surface area contributed by atoms with Gasteiger partial charge in [0, 0.05) is 18.0 Å². The summed E-state index contributed by atoms with van der Waals surface area (Å²) in [5, 5.41) is 25.7. The summed E-state index contributed by atoms with van der Waals surface area (Å²) in [6, 6.07) is 11.5. The number of para-hydroxylation sites is 1. The lowest BCUT2D eigenvalue weighted by atomic mass is 10.1. The van der Waals surface area contributed by atoms with Crippen LogP contribution in [-0.4, -0.2) is 33.8 Å². The van der Waals surface area contributed by atoms with Crippen molar-refractivity contribution < 1.29 is 19.6 Å². The minimum absolute atomic E-state index is 0.0237. The Hall–Kier alpha value is -3.88. The largest absolute Gasteiger partial charge is 0.504 e. The number of nitrogens with one attached hydrogen (secondary N) is 1. The summed E-state index contributed by atoms with van der Waals surface area (Å²) in [4.78, 5) is 22.9. The molecule has 1 amide bonds. The molecular weight excluding hydrogens is 352 g/mol. The van der Waals surface area contributed by atoms with Crippen LogP contribution in [0.1, 0.15) is 16.1 Å². The van der Waals surface area contributed by atoms with Gasteiger partial charge in [-0.1, -0.05) is 18.2 Å². The molecule has 0 atom stereocenters. The van der Waals surface area contributed by atoms with E-state index in [1.54, 1.807) is 17.7 Å². The number of amides is 1. The van der Waals surface area contributed by atoms with E-state index in [1.807, 2.05) is 24.3 Å². The fourth-order valence-corrected chi connectivity index (χ4v) is 2.72. The third-order valence-corrected chi connectivity index (χ3v) is 4.08. The van der Waals surface area contributed by atoms with E-state index in [-0.39, 0.29) is 22.7 Å². The van der Waals surface area contributed by atoms with E-state index in [1.165, 1.54) is 7.11 Å². The molecule has 0 saturated carbocycles. The molecule has 1 heterocycles. The summed E-state index contributed by atoms with van der Waals surface area (Å²) < 4.78 is 6.59. The van der Waals surface area contributed by atoms with Gasteiger partial charge in [-0.25, -0.2) is 5.43 Å². The number of hydrogen-bond donors (Lipinski definition) is 2. The first-order valence-corrected chi connectivity index (χ1v) is 7.85. The molecule has 0 aliphatic carbocycles. The number of fused-ring (bicyclic) bond motifs is 1. The summed E-state index contributed by atoms with van der Waals surface area (Å²) in [7, 11) is 3.05. The number of nitro benzene ring substituents is 1. The Morgan fingerprint density at radius 1 is 1.33 bits per heavy atom. The maximum atomic E-state index is 12.4. The SMILES string of the molecule is COc1cc([N+](=O)[O-])c(/C=N/NC(=O)c2cc3ccccc3n2C)cc1O. The number of hydrazone groups is 1. The fraction of sp³-hybridized carbons (Fsp3) is 0.111. The summed E-state index contributed by atoms with van der Waals surface area (Å²) in [6.07, 6.45) is 1.10. The van der Waals surface area contributed by atoms with E-state index in [0.717, 1.165) is 29.3 Å². The van der Waals surface area contributed by atoms with Gasteiger partial charge in [-0.15, -0.1) is 0 Å². The number of phenols is 1. The quantitative estimate of drug-likeness (QED) is 0.407. The van der Waals surface area contributed by atoms with E-state index < -0.39 is 10.8 Å². The summed E-state index contributed by atoms with van der Waals surface area (Å²) >= 11 is 0. The zero-order valence-corrected chi connectivity index (χ0v) is 14.5. The van der Waals surface area contributed by atoms with Gasteiger partial charge in [0.25, 0.3) is 11.6 Å². The van der Waals surface area contributed by atoms with Gasteiger partial charge in [-0.3, -0.25) is 14.9 Å². The van der Waals surface area contributed by atoms with Gasteiger partial charge in [0.1, 0.15) is 5.69 Å². The number of rotatable bonds is 5. The maximum absolute atomic E-state index is 12.4. The Labute approximate surface area is 153 Å². The molecule has 0 unspecified atom stereocenters. The molecule has 0 fully saturated rings. The van der Waals surface area contributed by atoms with E-state index in [0.29, 0.717) is 5.69 Å². The first-order valence-electron chi connectivity index (χ1n) is 7.85. The fourth-order valence-electron chi connectivity index (χ4n) is 2.72. The lowest BCUT2D eigenvalue weighted by Crippen LogP contribution is -2.20. The minimum Gasteiger partial charge on any atom is -0.504 e. The van der Waals surface area contributed by atoms with Crippen molar-refractivity contribution in [2.75, 3.05) is 7.11 Å². The van der Waals surface area contributed by atoms with E-state index in [4.69, 9.17) is 4.74 Å². The van der Waals surface area contributed by atoms with Crippen molar-refractivity contribution in [3.05, 3.63) is 63.8 Å². The van der Waals surface area contributed by atoms with Gasteiger partial charge in [-0.2, -0.15) is 5.10 Å². The monoisotopic (exact) mass is 368 g/mol. The van der Waals surface area contributed by atoms with Crippen LogP contribution in [0.4, 0.5) is 5.69 Å². The molecule has 27 heavy (non-hydrogen) atoms. The van der Waals surface area contributed by atoms with Gasteiger partial charge in [-0.05, 0) is 18.2 Å². The lowest BCUT2D eigenvalue weighted by molar-refractivity contribution is -0.385. The average molecular weight is 368 g/mol. The molecule has 1 aromatic heterocycles. The first-order chi connectivity index (χ1) is 12.9. The van der Waals surface area contributed by atoms with Crippen LogP contribution in [0, 0.1) is 10.1 Å². The standard InChI is InChI=1S/C18H16N4O5/c1-21-13-6-4-3-5-11(13)7-15(21)18(24)20-19-10-12-8-16(23)17(27-2)9-14(12)22(25)26/h3-10,23H,1-2H3,(H,20,24)/b19-10+. The zero-order chi connectivity index (χ0) is 19.6. The molecule has 0 spiro atoms. The Morgan fingerprint density at radius 2 is 2.07 bits per heavy atom. The van der Waals surface area contributed by atoms with Crippen molar-refractivity contribution in [3.63, 3.8) is 0 Å². The zero-order valence-electron chi connectivity index (χ0n) is 14.5. The number of carbonyl (C=O) groups excluding carboxylic acids is 1. The van der Waals surface area contributed by atoms with Crippen LogP contribution in [0.2, 0.25) is 0 Å².